The van der Waals surface area contributed by atoms with Crippen molar-refractivity contribution in [3.05, 3.63) is 12.3 Å². The van der Waals surface area contributed by atoms with Crippen LogP contribution in [0.25, 0.3) is 0 Å². The number of rotatable bonds is 3. The SMILES string of the molecule is C=C(C)NCC1COCCO1. The van der Waals surface area contributed by atoms with E-state index in [2.05, 4.69) is 11.9 Å². The minimum absolute atomic E-state index is 0.195. The average molecular weight is 157 g/mol. The summed E-state index contributed by atoms with van der Waals surface area (Å²) in [5.74, 6) is 0. The number of hydrogen-bond donors (Lipinski definition) is 1. The highest BCUT2D eigenvalue weighted by molar-refractivity contribution is 4.85. The van der Waals surface area contributed by atoms with Crippen LogP contribution in [-0.2, 0) is 9.47 Å². The lowest BCUT2D eigenvalue weighted by atomic mass is 10.3. The van der Waals surface area contributed by atoms with Gasteiger partial charge in [-0.05, 0) is 6.92 Å². The monoisotopic (exact) mass is 157 g/mol. The molecule has 1 aliphatic rings. The minimum Gasteiger partial charge on any atom is -0.386 e. The summed E-state index contributed by atoms with van der Waals surface area (Å²) in [4.78, 5) is 0. The van der Waals surface area contributed by atoms with Crippen molar-refractivity contribution in [3.63, 3.8) is 0 Å². The Kier molecular flexibility index (Phi) is 3.39. The van der Waals surface area contributed by atoms with Crippen LogP contribution in [0.2, 0.25) is 0 Å². The van der Waals surface area contributed by atoms with Crippen molar-refractivity contribution in [2.75, 3.05) is 26.4 Å². The fourth-order valence-corrected chi connectivity index (χ4v) is 0.943. The maximum absolute atomic E-state index is 5.40. The Bertz CT molecular complexity index is 130. The van der Waals surface area contributed by atoms with E-state index < -0.39 is 0 Å². The first-order valence-electron chi connectivity index (χ1n) is 3.88. The maximum atomic E-state index is 5.40. The van der Waals surface area contributed by atoms with E-state index in [0.717, 1.165) is 18.8 Å². The van der Waals surface area contributed by atoms with Crippen molar-refractivity contribution in [2.45, 2.75) is 13.0 Å². The van der Waals surface area contributed by atoms with E-state index in [1.807, 2.05) is 6.92 Å². The fraction of sp³-hybridized carbons (Fsp3) is 0.750. The van der Waals surface area contributed by atoms with Gasteiger partial charge in [-0.3, -0.25) is 0 Å². The van der Waals surface area contributed by atoms with Crippen LogP contribution in [0.4, 0.5) is 0 Å². The van der Waals surface area contributed by atoms with E-state index in [1.165, 1.54) is 0 Å². The van der Waals surface area contributed by atoms with Crippen molar-refractivity contribution < 1.29 is 9.47 Å². The number of hydrogen-bond acceptors (Lipinski definition) is 3. The molecule has 0 aromatic carbocycles. The van der Waals surface area contributed by atoms with E-state index in [1.54, 1.807) is 0 Å². The zero-order valence-electron chi connectivity index (χ0n) is 6.93. The van der Waals surface area contributed by atoms with Crippen LogP contribution in [0.3, 0.4) is 0 Å². The zero-order valence-corrected chi connectivity index (χ0v) is 6.93. The van der Waals surface area contributed by atoms with Crippen molar-refractivity contribution in [3.8, 4) is 0 Å². The molecule has 3 heteroatoms. The molecule has 0 amide bonds. The third-order valence-electron chi connectivity index (χ3n) is 1.52. The van der Waals surface area contributed by atoms with Gasteiger partial charge in [0, 0.05) is 12.2 Å². The average Bonchev–Trinajstić information content (AvgIpc) is 2.03. The Labute approximate surface area is 67.4 Å². The smallest absolute Gasteiger partial charge is 0.0981 e. The lowest BCUT2D eigenvalue weighted by Gasteiger charge is -2.23. The fourth-order valence-electron chi connectivity index (χ4n) is 0.943. The molecule has 0 aliphatic carbocycles. The van der Waals surface area contributed by atoms with Crippen molar-refractivity contribution in [1.82, 2.24) is 5.32 Å². The van der Waals surface area contributed by atoms with Gasteiger partial charge in [0.25, 0.3) is 0 Å². The first-order valence-corrected chi connectivity index (χ1v) is 3.88. The van der Waals surface area contributed by atoms with Crippen LogP contribution in [0, 0.1) is 0 Å². The van der Waals surface area contributed by atoms with Gasteiger partial charge in [0.2, 0.25) is 0 Å². The van der Waals surface area contributed by atoms with E-state index in [9.17, 15) is 0 Å². The summed E-state index contributed by atoms with van der Waals surface area (Å²) in [7, 11) is 0. The molecule has 1 aliphatic heterocycles. The summed E-state index contributed by atoms with van der Waals surface area (Å²) in [6.07, 6.45) is 0.195. The number of allylic oxidation sites excluding steroid dienone is 1. The molecule has 0 aromatic heterocycles. The third kappa shape index (κ3) is 3.39. The largest absolute Gasteiger partial charge is 0.386 e. The highest BCUT2D eigenvalue weighted by atomic mass is 16.6. The molecule has 64 valence electrons. The van der Waals surface area contributed by atoms with Crippen LogP contribution >= 0.6 is 0 Å². The van der Waals surface area contributed by atoms with Gasteiger partial charge in [0.05, 0.1) is 25.9 Å². The molecule has 3 nitrogen and oxygen atoms in total. The van der Waals surface area contributed by atoms with Crippen LogP contribution in [-0.4, -0.2) is 32.5 Å². The second-order valence-electron chi connectivity index (χ2n) is 2.73. The Morgan fingerprint density at radius 1 is 1.64 bits per heavy atom. The van der Waals surface area contributed by atoms with E-state index in [4.69, 9.17) is 9.47 Å². The molecule has 0 bridgehead atoms. The second kappa shape index (κ2) is 4.36. The number of nitrogens with one attached hydrogen (secondary N) is 1. The summed E-state index contributed by atoms with van der Waals surface area (Å²) in [6, 6.07) is 0. The zero-order chi connectivity index (χ0) is 8.10. The Hall–Kier alpha value is -0.540. The van der Waals surface area contributed by atoms with E-state index >= 15 is 0 Å². The van der Waals surface area contributed by atoms with Gasteiger partial charge in [-0.2, -0.15) is 0 Å². The second-order valence-corrected chi connectivity index (χ2v) is 2.73. The van der Waals surface area contributed by atoms with E-state index in [-0.39, 0.29) is 6.10 Å². The molecular formula is C8H15NO2. The molecule has 1 saturated heterocycles. The van der Waals surface area contributed by atoms with Gasteiger partial charge in [-0.1, -0.05) is 6.58 Å². The van der Waals surface area contributed by atoms with Crippen molar-refractivity contribution in [2.24, 2.45) is 0 Å². The molecule has 11 heavy (non-hydrogen) atoms. The van der Waals surface area contributed by atoms with Crippen molar-refractivity contribution in [1.29, 1.82) is 0 Å². The summed E-state index contributed by atoms with van der Waals surface area (Å²) in [6.45, 7) is 8.60. The summed E-state index contributed by atoms with van der Waals surface area (Å²) < 4.78 is 10.6. The summed E-state index contributed by atoms with van der Waals surface area (Å²) in [5.41, 5.74) is 0.971. The van der Waals surface area contributed by atoms with Gasteiger partial charge < -0.3 is 14.8 Å². The Balaban J connectivity index is 2.09. The predicted molar refractivity (Wildman–Crippen MR) is 43.4 cm³/mol. The molecule has 0 aromatic rings. The van der Waals surface area contributed by atoms with Crippen LogP contribution in [0.15, 0.2) is 12.3 Å². The lowest BCUT2D eigenvalue weighted by molar-refractivity contribution is -0.0856. The summed E-state index contributed by atoms with van der Waals surface area (Å²) >= 11 is 0. The molecule has 1 unspecified atom stereocenters. The molecule has 0 saturated carbocycles. The normalized spacial score (nSPS) is 24.6. The first kappa shape index (κ1) is 8.56. The molecule has 1 rings (SSSR count). The van der Waals surface area contributed by atoms with Crippen LogP contribution < -0.4 is 5.32 Å². The Morgan fingerprint density at radius 3 is 3.00 bits per heavy atom. The standard InChI is InChI=1S/C8H15NO2/c1-7(2)9-5-8-6-10-3-4-11-8/h8-9H,1,3-6H2,2H3. The van der Waals surface area contributed by atoms with Gasteiger partial charge in [0.15, 0.2) is 0 Å². The summed E-state index contributed by atoms with van der Waals surface area (Å²) in [5, 5.41) is 3.12. The highest BCUT2D eigenvalue weighted by Crippen LogP contribution is 1.99. The predicted octanol–water partition coefficient (Wildman–Crippen LogP) is 0.525. The number of ether oxygens (including phenoxy) is 2. The highest BCUT2D eigenvalue weighted by Gasteiger charge is 2.12. The van der Waals surface area contributed by atoms with Gasteiger partial charge in [0.1, 0.15) is 0 Å². The van der Waals surface area contributed by atoms with Gasteiger partial charge in [-0.15, -0.1) is 0 Å². The molecule has 0 spiro atoms. The quantitative estimate of drug-likeness (QED) is 0.648. The van der Waals surface area contributed by atoms with Gasteiger partial charge in [-0.25, -0.2) is 0 Å². The molecule has 0 radical (unpaired) electrons. The topological polar surface area (TPSA) is 30.5 Å². The third-order valence-corrected chi connectivity index (χ3v) is 1.52. The molecule has 1 N–H and O–H groups in total. The molecule has 1 atom stereocenters. The van der Waals surface area contributed by atoms with Crippen LogP contribution in [0.1, 0.15) is 6.92 Å². The first-order chi connectivity index (χ1) is 5.29. The minimum atomic E-state index is 0.195. The molecule has 1 heterocycles. The Morgan fingerprint density at radius 2 is 2.45 bits per heavy atom. The molecular weight excluding hydrogens is 142 g/mol. The van der Waals surface area contributed by atoms with E-state index in [0.29, 0.717) is 13.2 Å². The van der Waals surface area contributed by atoms with Crippen molar-refractivity contribution >= 4 is 0 Å². The van der Waals surface area contributed by atoms with Gasteiger partial charge >= 0.3 is 0 Å². The lowest BCUT2D eigenvalue weighted by Crippen LogP contribution is -2.36. The molecule has 1 fully saturated rings. The maximum Gasteiger partial charge on any atom is 0.0981 e. The van der Waals surface area contributed by atoms with Crippen LogP contribution in [0.5, 0.6) is 0 Å².